The van der Waals surface area contributed by atoms with Gasteiger partial charge in [-0.05, 0) is 31.7 Å². The minimum Gasteiger partial charge on any atom is -0.481 e. The van der Waals surface area contributed by atoms with E-state index in [1.54, 1.807) is 13.8 Å². The highest BCUT2D eigenvalue weighted by Gasteiger charge is 2.33. The van der Waals surface area contributed by atoms with Crippen molar-refractivity contribution in [2.24, 2.45) is 23.1 Å². The summed E-state index contributed by atoms with van der Waals surface area (Å²) in [6.07, 6.45) is 0.547. The Labute approximate surface area is 203 Å². The minimum atomic E-state index is -1.57. The van der Waals surface area contributed by atoms with E-state index in [0.717, 1.165) is 0 Å². The van der Waals surface area contributed by atoms with Gasteiger partial charge in [0.25, 0.3) is 0 Å². The molecule has 0 aromatic carbocycles. The molecule has 35 heavy (non-hydrogen) atoms. The van der Waals surface area contributed by atoms with Crippen LogP contribution in [0.2, 0.25) is 0 Å². The zero-order valence-corrected chi connectivity index (χ0v) is 20.1. The number of primary amides is 1. The molecule has 0 aromatic rings. The largest absolute Gasteiger partial charge is 0.481 e. The lowest BCUT2D eigenvalue weighted by Gasteiger charge is -2.27. The molecule has 0 aliphatic carbocycles. The molecule has 0 radical (unpaired) electrons. The fraction of sp³-hybridized carbons (Fsp3) is 0.714. The number of nitrogens with one attached hydrogen (secondary N) is 3. The number of unbranched alkanes of at least 4 members (excludes halogenated alkanes) is 1. The zero-order chi connectivity index (χ0) is 27.1. The van der Waals surface area contributed by atoms with Crippen molar-refractivity contribution >= 4 is 35.6 Å². The molecule has 4 amide bonds. The Morgan fingerprint density at radius 1 is 0.857 bits per heavy atom. The van der Waals surface area contributed by atoms with Gasteiger partial charge in [-0.25, -0.2) is 4.79 Å². The molecular weight excluding hydrogens is 464 g/mol. The van der Waals surface area contributed by atoms with Crippen molar-refractivity contribution in [2.75, 3.05) is 6.54 Å². The predicted molar refractivity (Wildman–Crippen MR) is 124 cm³/mol. The van der Waals surface area contributed by atoms with Gasteiger partial charge in [-0.1, -0.05) is 26.7 Å². The molecule has 0 saturated carbocycles. The summed E-state index contributed by atoms with van der Waals surface area (Å²) in [5.74, 6) is -6.48. The second-order valence-electron chi connectivity index (χ2n) is 8.33. The number of hydrogen-bond acceptors (Lipinski definition) is 8. The summed E-state index contributed by atoms with van der Waals surface area (Å²) < 4.78 is 0. The van der Waals surface area contributed by atoms with Crippen LogP contribution in [0.25, 0.3) is 0 Å². The molecule has 200 valence electrons. The minimum absolute atomic E-state index is 0.359. The summed E-state index contributed by atoms with van der Waals surface area (Å²) in [5.41, 5.74) is 16.5. The summed E-state index contributed by atoms with van der Waals surface area (Å²) in [4.78, 5) is 71.7. The average molecular weight is 503 g/mol. The lowest BCUT2D eigenvalue weighted by Crippen LogP contribution is -2.59. The summed E-state index contributed by atoms with van der Waals surface area (Å²) in [5, 5.41) is 25.0. The lowest BCUT2D eigenvalue weighted by molar-refractivity contribution is -0.143. The summed E-state index contributed by atoms with van der Waals surface area (Å²) in [7, 11) is 0. The van der Waals surface area contributed by atoms with E-state index in [4.69, 9.17) is 22.3 Å². The Bertz CT molecular complexity index is 762. The van der Waals surface area contributed by atoms with Crippen LogP contribution in [-0.4, -0.2) is 76.5 Å². The van der Waals surface area contributed by atoms with Gasteiger partial charge in [0.1, 0.15) is 18.1 Å². The van der Waals surface area contributed by atoms with Gasteiger partial charge in [-0.2, -0.15) is 0 Å². The Kier molecular flexibility index (Phi) is 14.9. The molecule has 5 unspecified atom stereocenters. The van der Waals surface area contributed by atoms with E-state index < -0.39 is 79.0 Å². The molecule has 0 rings (SSSR count). The van der Waals surface area contributed by atoms with E-state index >= 15 is 0 Å². The van der Waals surface area contributed by atoms with Crippen LogP contribution in [0.5, 0.6) is 0 Å². The maximum absolute atomic E-state index is 13.0. The smallest absolute Gasteiger partial charge is 0.326 e. The van der Waals surface area contributed by atoms with Gasteiger partial charge >= 0.3 is 11.9 Å². The number of carboxylic acid groups (broad SMARTS) is 2. The van der Waals surface area contributed by atoms with Crippen LogP contribution in [0, 0.1) is 5.92 Å². The fourth-order valence-electron chi connectivity index (χ4n) is 3.07. The van der Waals surface area contributed by atoms with Crippen molar-refractivity contribution in [3.63, 3.8) is 0 Å². The van der Waals surface area contributed by atoms with Crippen LogP contribution >= 0.6 is 0 Å². The SMILES string of the molecule is CCC(C)C(NC(=O)C(N)CCCCN)C(=O)NC(CC(N)=O)C(=O)NC(CCC(=O)O)C(=O)O. The number of hydrogen-bond donors (Lipinski definition) is 8. The Balaban J connectivity index is 5.50. The third kappa shape index (κ3) is 12.7. The molecule has 0 aliphatic rings. The number of carboxylic acids is 2. The van der Waals surface area contributed by atoms with Crippen LogP contribution in [-0.2, 0) is 28.8 Å². The summed E-state index contributed by atoms with van der Waals surface area (Å²) >= 11 is 0. The van der Waals surface area contributed by atoms with Crippen LogP contribution in [0.1, 0.15) is 58.8 Å². The average Bonchev–Trinajstić information content (AvgIpc) is 2.78. The molecule has 0 spiro atoms. The molecule has 14 heteroatoms. The third-order valence-corrected chi connectivity index (χ3v) is 5.40. The molecule has 0 fully saturated rings. The van der Waals surface area contributed by atoms with Crippen LogP contribution in [0.4, 0.5) is 0 Å². The van der Waals surface area contributed by atoms with Crippen LogP contribution in [0.15, 0.2) is 0 Å². The van der Waals surface area contributed by atoms with Crippen molar-refractivity contribution < 1.29 is 39.0 Å². The molecule has 0 bridgehead atoms. The number of amides is 4. The van der Waals surface area contributed by atoms with E-state index in [-0.39, 0.29) is 5.92 Å². The normalized spacial score (nSPS) is 15.1. The molecule has 14 nitrogen and oxygen atoms in total. The Morgan fingerprint density at radius 3 is 1.94 bits per heavy atom. The summed E-state index contributed by atoms with van der Waals surface area (Å²) in [6, 6.07) is -5.09. The van der Waals surface area contributed by atoms with E-state index in [9.17, 15) is 33.9 Å². The number of carbonyl (C=O) groups is 6. The molecule has 0 aromatic heterocycles. The highest BCUT2D eigenvalue weighted by Crippen LogP contribution is 2.10. The molecule has 5 atom stereocenters. The highest BCUT2D eigenvalue weighted by molar-refractivity contribution is 5.96. The number of aliphatic carboxylic acids is 2. The lowest BCUT2D eigenvalue weighted by atomic mass is 9.97. The predicted octanol–water partition coefficient (Wildman–Crippen LogP) is -2.23. The second-order valence-corrected chi connectivity index (χ2v) is 8.33. The molecular formula is C21H38N6O8. The summed E-state index contributed by atoms with van der Waals surface area (Å²) in [6.45, 7) is 3.93. The first kappa shape index (κ1) is 31.7. The van der Waals surface area contributed by atoms with Crippen molar-refractivity contribution in [3.8, 4) is 0 Å². The number of rotatable bonds is 18. The number of carbonyl (C=O) groups excluding carboxylic acids is 4. The molecule has 0 heterocycles. The van der Waals surface area contributed by atoms with Gasteiger partial charge in [-0.15, -0.1) is 0 Å². The first-order valence-electron chi connectivity index (χ1n) is 11.4. The first-order chi connectivity index (χ1) is 16.3. The van der Waals surface area contributed by atoms with Gasteiger partial charge in [0, 0.05) is 6.42 Å². The van der Waals surface area contributed by atoms with Gasteiger partial charge in [0.05, 0.1) is 12.5 Å². The van der Waals surface area contributed by atoms with Crippen LogP contribution < -0.4 is 33.2 Å². The molecule has 0 saturated heterocycles. The Hall–Kier alpha value is -3.26. The topological polar surface area (TPSA) is 257 Å². The van der Waals surface area contributed by atoms with Gasteiger partial charge in [0.2, 0.25) is 23.6 Å². The van der Waals surface area contributed by atoms with E-state index in [1.165, 1.54) is 0 Å². The van der Waals surface area contributed by atoms with Gasteiger partial charge < -0.3 is 43.4 Å². The maximum Gasteiger partial charge on any atom is 0.326 e. The molecule has 11 N–H and O–H groups in total. The van der Waals surface area contributed by atoms with Crippen molar-refractivity contribution in [2.45, 2.75) is 83.0 Å². The first-order valence-corrected chi connectivity index (χ1v) is 11.4. The molecule has 0 aliphatic heterocycles. The maximum atomic E-state index is 13.0. The Morgan fingerprint density at radius 2 is 1.46 bits per heavy atom. The van der Waals surface area contributed by atoms with Gasteiger partial charge in [0.15, 0.2) is 0 Å². The van der Waals surface area contributed by atoms with Crippen LogP contribution in [0.3, 0.4) is 0 Å². The van der Waals surface area contributed by atoms with Crippen molar-refractivity contribution in [3.05, 3.63) is 0 Å². The standard InChI is InChI=1S/C21H38N6O8/c1-3-11(2)17(27-18(31)12(23)6-4-5-9-22)20(33)26-14(10-15(24)28)19(32)25-13(21(34)35)7-8-16(29)30/h11-14,17H,3-10,22-23H2,1-2H3,(H2,24,28)(H,25,32)(H,26,33)(H,27,31)(H,29,30)(H,34,35). The third-order valence-electron chi connectivity index (χ3n) is 5.40. The van der Waals surface area contributed by atoms with Crippen molar-refractivity contribution in [1.29, 1.82) is 0 Å². The second kappa shape index (κ2) is 16.4. The van der Waals surface area contributed by atoms with E-state index in [0.29, 0.717) is 32.2 Å². The zero-order valence-electron chi connectivity index (χ0n) is 20.1. The quantitative estimate of drug-likeness (QED) is 0.0935. The van der Waals surface area contributed by atoms with Crippen molar-refractivity contribution in [1.82, 2.24) is 16.0 Å². The fourth-order valence-corrected chi connectivity index (χ4v) is 3.07. The van der Waals surface area contributed by atoms with Gasteiger partial charge in [-0.3, -0.25) is 24.0 Å². The monoisotopic (exact) mass is 502 g/mol. The van der Waals surface area contributed by atoms with E-state index in [2.05, 4.69) is 16.0 Å². The number of nitrogens with two attached hydrogens (primary N) is 3. The van der Waals surface area contributed by atoms with E-state index in [1.807, 2.05) is 0 Å². The highest BCUT2D eigenvalue weighted by atomic mass is 16.4.